The van der Waals surface area contributed by atoms with Crippen LogP contribution in [0.25, 0.3) is 0 Å². The molecule has 2 unspecified atom stereocenters. The molecule has 0 saturated carbocycles. The Balaban J connectivity index is 2.18. The van der Waals surface area contributed by atoms with Gasteiger partial charge in [-0.2, -0.15) is 11.8 Å². The van der Waals surface area contributed by atoms with Crippen LogP contribution in [0.2, 0.25) is 0 Å². The van der Waals surface area contributed by atoms with Gasteiger partial charge in [-0.25, -0.2) is 0 Å². The van der Waals surface area contributed by atoms with E-state index in [1.165, 1.54) is 36.1 Å². The summed E-state index contributed by atoms with van der Waals surface area (Å²) in [5.41, 5.74) is 5.48. The highest BCUT2D eigenvalue weighted by Gasteiger charge is 2.25. The average molecular weight is 237 g/mol. The maximum Gasteiger partial charge on any atom is 0.0596 e. The van der Waals surface area contributed by atoms with Crippen LogP contribution in [0.15, 0.2) is 18.5 Å². The van der Waals surface area contributed by atoms with E-state index in [2.05, 4.69) is 17.3 Å². The van der Waals surface area contributed by atoms with Crippen molar-refractivity contribution in [2.45, 2.75) is 37.5 Å². The van der Waals surface area contributed by atoms with Crippen LogP contribution in [-0.2, 0) is 0 Å². The van der Waals surface area contributed by atoms with E-state index >= 15 is 0 Å². The van der Waals surface area contributed by atoms with Gasteiger partial charge in [0.05, 0.1) is 6.04 Å². The summed E-state index contributed by atoms with van der Waals surface area (Å²) in [6, 6.07) is 2.28. The molecule has 1 aromatic heterocycles. The molecule has 1 aliphatic heterocycles. The summed E-state index contributed by atoms with van der Waals surface area (Å²) < 4.78 is 0. The first-order valence-corrected chi connectivity index (χ1v) is 6.86. The van der Waals surface area contributed by atoms with Crippen LogP contribution in [0, 0.1) is 6.92 Å². The molecule has 0 amide bonds. The Morgan fingerprint density at radius 3 is 3.06 bits per heavy atom. The van der Waals surface area contributed by atoms with Crippen LogP contribution >= 0.6 is 11.8 Å². The van der Waals surface area contributed by atoms with Gasteiger partial charge in [0.2, 0.25) is 0 Å². The van der Waals surface area contributed by atoms with Crippen LogP contribution < -0.4 is 11.3 Å². The lowest BCUT2D eigenvalue weighted by molar-refractivity contribution is 0.489. The minimum absolute atomic E-state index is 0.235. The standard InChI is InChI=1S/C12H19N3S/c1-9-5-6-14-8-10(9)12(15-13)11-4-2-3-7-16-11/h5-6,8,11-12,15H,2-4,7,13H2,1H3. The number of nitrogens with one attached hydrogen (secondary N) is 1. The van der Waals surface area contributed by atoms with Gasteiger partial charge in [0.1, 0.15) is 0 Å². The lowest BCUT2D eigenvalue weighted by atomic mass is 9.98. The first kappa shape index (κ1) is 11.9. The Morgan fingerprint density at radius 2 is 2.44 bits per heavy atom. The zero-order valence-corrected chi connectivity index (χ0v) is 10.5. The number of nitrogens with two attached hydrogens (primary N) is 1. The zero-order chi connectivity index (χ0) is 11.4. The molecule has 1 aromatic rings. The van der Waals surface area contributed by atoms with Crippen molar-refractivity contribution in [2.24, 2.45) is 5.84 Å². The van der Waals surface area contributed by atoms with E-state index in [1.807, 2.05) is 30.2 Å². The van der Waals surface area contributed by atoms with Crippen molar-refractivity contribution in [3.05, 3.63) is 29.6 Å². The summed E-state index contributed by atoms with van der Waals surface area (Å²) in [5, 5.41) is 0.585. The molecule has 2 rings (SSSR count). The van der Waals surface area contributed by atoms with E-state index in [-0.39, 0.29) is 6.04 Å². The van der Waals surface area contributed by atoms with Gasteiger partial charge in [0.15, 0.2) is 0 Å². The quantitative estimate of drug-likeness (QED) is 0.625. The number of pyridine rings is 1. The van der Waals surface area contributed by atoms with Crippen molar-refractivity contribution in [2.75, 3.05) is 5.75 Å². The van der Waals surface area contributed by atoms with Crippen molar-refractivity contribution in [1.82, 2.24) is 10.4 Å². The predicted octanol–water partition coefficient (Wildman–Crippen LogP) is 2.18. The fourth-order valence-corrected chi connectivity index (χ4v) is 3.65. The number of aryl methyl sites for hydroxylation is 1. The van der Waals surface area contributed by atoms with Gasteiger partial charge >= 0.3 is 0 Å². The molecule has 3 N–H and O–H groups in total. The topological polar surface area (TPSA) is 50.9 Å². The molecule has 2 atom stereocenters. The second kappa shape index (κ2) is 5.66. The van der Waals surface area contributed by atoms with Gasteiger partial charge < -0.3 is 0 Å². The van der Waals surface area contributed by atoms with Crippen molar-refractivity contribution in [3.8, 4) is 0 Å². The molecule has 1 aliphatic rings. The van der Waals surface area contributed by atoms with E-state index in [1.54, 1.807) is 0 Å². The number of nitrogens with zero attached hydrogens (tertiary/aromatic N) is 1. The maximum atomic E-state index is 5.71. The minimum atomic E-state index is 0.235. The van der Waals surface area contributed by atoms with E-state index in [0.717, 1.165) is 0 Å². The molecule has 4 heteroatoms. The summed E-state index contributed by atoms with van der Waals surface area (Å²) >= 11 is 2.03. The second-order valence-corrected chi connectivity index (χ2v) is 5.63. The highest BCUT2D eigenvalue weighted by molar-refractivity contribution is 8.00. The van der Waals surface area contributed by atoms with Crippen LogP contribution in [0.4, 0.5) is 0 Å². The van der Waals surface area contributed by atoms with Gasteiger partial charge in [0.25, 0.3) is 0 Å². The fraction of sp³-hybridized carbons (Fsp3) is 0.583. The molecule has 0 aromatic carbocycles. The second-order valence-electron chi connectivity index (χ2n) is 4.28. The summed E-state index contributed by atoms with van der Waals surface area (Å²) in [6.07, 6.45) is 7.67. The van der Waals surface area contributed by atoms with E-state index in [4.69, 9.17) is 5.84 Å². The van der Waals surface area contributed by atoms with Gasteiger partial charge in [-0.3, -0.25) is 16.3 Å². The smallest absolute Gasteiger partial charge is 0.0596 e. The number of hydrogen-bond acceptors (Lipinski definition) is 4. The lowest BCUT2D eigenvalue weighted by Gasteiger charge is -2.30. The molecule has 2 heterocycles. The molecular weight excluding hydrogens is 218 g/mol. The van der Waals surface area contributed by atoms with Crippen LogP contribution in [0.3, 0.4) is 0 Å². The third-order valence-corrected chi connectivity index (χ3v) is 4.64. The van der Waals surface area contributed by atoms with E-state index < -0.39 is 0 Å². The number of hydrazine groups is 1. The summed E-state index contributed by atoms with van der Waals surface area (Å²) in [7, 11) is 0. The summed E-state index contributed by atoms with van der Waals surface area (Å²) in [6.45, 7) is 2.12. The van der Waals surface area contributed by atoms with Crippen molar-refractivity contribution in [1.29, 1.82) is 0 Å². The van der Waals surface area contributed by atoms with Crippen molar-refractivity contribution < 1.29 is 0 Å². The molecule has 0 radical (unpaired) electrons. The molecule has 0 aliphatic carbocycles. The Kier molecular flexibility index (Phi) is 4.21. The third-order valence-electron chi connectivity index (χ3n) is 3.18. The summed E-state index contributed by atoms with van der Waals surface area (Å²) in [4.78, 5) is 4.20. The predicted molar refractivity (Wildman–Crippen MR) is 69.1 cm³/mol. The van der Waals surface area contributed by atoms with Crippen LogP contribution in [-0.4, -0.2) is 16.0 Å². The number of thioether (sulfide) groups is 1. The van der Waals surface area contributed by atoms with Gasteiger partial charge in [-0.05, 0) is 42.7 Å². The normalized spacial score (nSPS) is 23.0. The number of hydrogen-bond donors (Lipinski definition) is 2. The number of rotatable bonds is 3. The van der Waals surface area contributed by atoms with Gasteiger partial charge in [0, 0.05) is 17.6 Å². The Bertz CT molecular complexity index is 337. The zero-order valence-electron chi connectivity index (χ0n) is 9.65. The number of aromatic nitrogens is 1. The van der Waals surface area contributed by atoms with Crippen LogP contribution in [0.1, 0.15) is 36.4 Å². The van der Waals surface area contributed by atoms with Crippen molar-refractivity contribution >= 4 is 11.8 Å². The molecule has 88 valence electrons. The molecule has 16 heavy (non-hydrogen) atoms. The van der Waals surface area contributed by atoms with E-state index in [0.29, 0.717) is 5.25 Å². The maximum absolute atomic E-state index is 5.71. The largest absolute Gasteiger partial charge is 0.271 e. The highest BCUT2D eigenvalue weighted by Crippen LogP contribution is 2.34. The Morgan fingerprint density at radius 1 is 1.56 bits per heavy atom. The Labute approximate surface area is 101 Å². The monoisotopic (exact) mass is 237 g/mol. The Hall–Kier alpha value is -0.580. The molecule has 1 saturated heterocycles. The molecule has 0 bridgehead atoms. The molecular formula is C12H19N3S. The van der Waals surface area contributed by atoms with Crippen molar-refractivity contribution in [3.63, 3.8) is 0 Å². The van der Waals surface area contributed by atoms with Crippen LogP contribution in [0.5, 0.6) is 0 Å². The third kappa shape index (κ3) is 2.56. The fourth-order valence-electron chi connectivity index (χ4n) is 2.23. The van der Waals surface area contributed by atoms with Gasteiger partial charge in [-0.1, -0.05) is 6.42 Å². The first-order valence-electron chi connectivity index (χ1n) is 5.81. The SMILES string of the molecule is Cc1ccncc1C(NN)C1CCCCS1. The molecule has 1 fully saturated rings. The molecule has 0 spiro atoms. The van der Waals surface area contributed by atoms with Gasteiger partial charge in [-0.15, -0.1) is 0 Å². The average Bonchev–Trinajstić information content (AvgIpc) is 2.34. The first-order chi connectivity index (χ1) is 7.83. The van der Waals surface area contributed by atoms with E-state index in [9.17, 15) is 0 Å². The lowest BCUT2D eigenvalue weighted by Crippen LogP contribution is -2.36. The molecule has 3 nitrogen and oxygen atoms in total. The minimum Gasteiger partial charge on any atom is -0.271 e. The highest BCUT2D eigenvalue weighted by atomic mass is 32.2. The summed E-state index contributed by atoms with van der Waals surface area (Å²) in [5.74, 6) is 6.97.